The minimum Gasteiger partial charge on any atom is -0.393 e. The Morgan fingerprint density at radius 2 is 1.93 bits per heavy atom. The summed E-state index contributed by atoms with van der Waals surface area (Å²) in [5.74, 6) is 1.08. The topological polar surface area (TPSA) is 46.2 Å². The first-order valence-corrected chi connectivity index (χ1v) is 6.16. The summed E-state index contributed by atoms with van der Waals surface area (Å²) in [5.41, 5.74) is 5.63. The van der Waals surface area contributed by atoms with Crippen molar-refractivity contribution >= 4 is 0 Å². The summed E-state index contributed by atoms with van der Waals surface area (Å²) in [6, 6.07) is 0. The first kappa shape index (κ1) is 12.0. The molecule has 1 rings (SSSR count). The molecule has 2 atom stereocenters. The molecule has 1 fully saturated rings. The van der Waals surface area contributed by atoms with Gasteiger partial charge in [-0.05, 0) is 31.2 Å². The van der Waals surface area contributed by atoms with Crippen molar-refractivity contribution in [2.24, 2.45) is 17.6 Å². The van der Waals surface area contributed by atoms with Crippen LogP contribution in [-0.4, -0.2) is 17.8 Å². The molecule has 2 nitrogen and oxygen atoms in total. The Morgan fingerprint density at radius 1 is 1.29 bits per heavy atom. The van der Waals surface area contributed by atoms with Crippen LogP contribution in [0, 0.1) is 11.8 Å². The van der Waals surface area contributed by atoms with Gasteiger partial charge in [0, 0.05) is 0 Å². The van der Waals surface area contributed by atoms with Gasteiger partial charge in [0.15, 0.2) is 0 Å². The molecular weight excluding hydrogens is 174 g/mol. The second-order valence-corrected chi connectivity index (χ2v) is 4.71. The van der Waals surface area contributed by atoms with Crippen LogP contribution in [0.5, 0.6) is 0 Å². The highest BCUT2D eigenvalue weighted by Crippen LogP contribution is 2.29. The van der Waals surface area contributed by atoms with Crippen molar-refractivity contribution in [3.05, 3.63) is 0 Å². The summed E-state index contributed by atoms with van der Waals surface area (Å²) in [6.07, 6.45) is 8.57. The molecule has 1 aliphatic carbocycles. The van der Waals surface area contributed by atoms with Crippen LogP contribution in [0.4, 0.5) is 0 Å². The number of hydrogen-bond acceptors (Lipinski definition) is 2. The number of aliphatic hydroxyl groups excluding tert-OH is 1. The van der Waals surface area contributed by atoms with E-state index in [1.165, 1.54) is 32.1 Å². The molecule has 0 aliphatic heterocycles. The zero-order valence-corrected chi connectivity index (χ0v) is 9.41. The van der Waals surface area contributed by atoms with Gasteiger partial charge in [0.1, 0.15) is 0 Å². The van der Waals surface area contributed by atoms with Gasteiger partial charge in [-0.3, -0.25) is 0 Å². The van der Waals surface area contributed by atoms with Crippen molar-refractivity contribution in [3.8, 4) is 0 Å². The first-order valence-electron chi connectivity index (χ1n) is 6.16. The molecule has 2 heteroatoms. The van der Waals surface area contributed by atoms with Crippen molar-refractivity contribution < 1.29 is 5.11 Å². The SMILES string of the molecule is CCC(CN)C(O)CC1CCCCC1. The minimum atomic E-state index is -0.159. The summed E-state index contributed by atoms with van der Waals surface area (Å²) < 4.78 is 0. The van der Waals surface area contributed by atoms with Crippen molar-refractivity contribution in [2.75, 3.05) is 6.54 Å². The second kappa shape index (κ2) is 6.41. The van der Waals surface area contributed by atoms with Crippen molar-refractivity contribution in [1.29, 1.82) is 0 Å². The van der Waals surface area contributed by atoms with E-state index in [-0.39, 0.29) is 6.10 Å². The number of hydrogen-bond donors (Lipinski definition) is 2. The van der Waals surface area contributed by atoms with Crippen LogP contribution in [0.1, 0.15) is 51.9 Å². The third kappa shape index (κ3) is 3.58. The molecule has 0 saturated heterocycles. The van der Waals surface area contributed by atoms with Crippen LogP contribution >= 0.6 is 0 Å². The van der Waals surface area contributed by atoms with Crippen LogP contribution in [0.15, 0.2) is 0 Å². The summed E-state index contributed by atoms with van der Waals surface area (Å²) in [7, 11) is 0. The molecule has 1 saturated carbocycles. The number of rotatable bonds is 5. The Hall–Kier alpha value is -0.0800. The zero-order chi connectivity index (χ0) is 10.4. The molecule has 2 unspecified atom stereocenters. The standard InChI is InChI=1S/C12H25NO/c1-2-11(9-13)12(14)8-10-6-4-3-5-7-10/h10-12,14H,2-9,13H2,1H3. The Morgan fingerprint density at radius 3 is 2.43 bits per heavy atom. The lowest BCUT2D eigenvalue weighted by atomic mass is 9.82. The maximum absolute atomic E-state index is 9.98. The second-order valence-electron chi connectivity index (χ2n) is 4.71. The van der Waals surface area contributed by atoms with Gasteiger partial charge in [-0.1, -0.05) is 39.0 Å². The highest BCUT2D eigenvalue weighted by molar-refractivity contribution is 4.74. The average molecular weight is 199 g/mol. The molecule has 0 amide bonds. The van der Waals surface area contributed by atoms with E-state index in [2.05, 4.69) is 6.92 Å². The molecular formula is C12H25NO. The Bertz CT molecular complexity index is 139. The summed E-state index contributed by atoms with van der Waals surface area (Å²) in [5, 5.41) is 9.98. The Balaban J connectivity index is 2.26. The molecule has 0 radical (unpaired) electrons. The Kier molecular flexibility index (Phi) is 5.49. The fraction of sp³-hybridized carbons (Fsp3) is 1.00. The smallest absolute Gasteiger partial charge is 0.0583 e. The van der Waals surface area contributed by atoms with E-state index >= 15 is 0 Å². The predicted molar refractivity (Wildman–Crippen MR) is 60.0 cm³/mol. The van der Waals surface area contributed by atoms with Crippen LogP contribution in [0.25, 0.3) is 0 Å². The zero-order valence-electron chi connectivity index (χ0n) is 9.41. The third-order valence-corrected chi connectivity index (χ3v) is 3.67. The van der Waals surface area contributed by atoms with Gasteiger partial charge in [0.05, 0.1) is 6.10 Å². The lowest BCUT2D eigenvalue weighted by Gasteiger charge is -2.27. The molecule has 84 valence electrons. The Labute approximate surface area is 87.9 Å². The maximum atomic E-state index is 9.98. The van der Waals surface area contributed by atoms with Gasteiger partial charge >= 0.3 is 0 Å². The van der Waals surface area contributed by atoms with Gasteiger partial charge in [0.2, 0.25) is 0 Å². The first-order chi connectivity index (χ1) is 6.77. The van der Waals surface area contributed by atoms with Crippen molar-refractivity contribution in [2.45, 2.75) is 58.0 Å². The fourth-order valence-corrected chi connectivity index (χ4v) is 2.55. The van der Waals surface area contributed by atoms with E-state index in [1.807, 2.05) is 0 Å². The van der Waals surface area contributed by atoms with Crippen LogP contribution in [0.3, 0.4) is 0 Å². The lowest BCUT2D eigenvalue weighted by molar-refractivity contribution is 0.0756. The maximum Gasteiger partial charge on any atom is 0.0583 e. The monoisotopic (exact) mass is 199 g/mol. The molecule has 0 aromatic carbocycles. The van der Waals surface area contributed by atoms with Crippen molar-refractivity contribution in [1.82, 2.24) is 0 Å². The summed E-state index contributed by atoms with van der Waals surface area (Å²) >= 11 is 0. The molecule has 0 spiro atoms. The van der Waals surface area contributed by atoms with E-state index in [9.17, 15) is 5.11 Å². The molecule has 3 N–H and O–H groups in total. The van der Waals surface area contributed by atoms with E-state index in [0.717, 1.165) is 18.8 Å². The van der Waals surface area contributed by atoms with Crippen LogP contribution in [-0.2, 0) is 0 Å². The molecule has 0 heterocycles. The lowest BCUT2D eigenvalue weighted by Crippen LogP contribution is -2.29. The van der Waals surface area contributed by atoms with E-state index in [0.29, 0.717) is 12.5 Å². The van der Waals surface area contributed by atoms with Crippen LogP contribution in [0.2, 0.25) is 0 Å². The number of aliphatic hydroxyl groups is 1. The molecule has 0 bridgehead atoms. The van der Waals surface area contributed by atoms with E-state index < -0.39 is 0 Å². The predicted octanol–water partition coefficient (Wildman–Crippen LogP) is 2.30. The van der Waals surface area contributed by atoms with Crippen molar-refractivity contribution in [3.63, 3.8) is 0 Å². The quantitative estimate of drug-likeness (QED) is 0.713. The normalized spacial score (nSPS) is 23.4. The fourth-order valence-electron chi connectivity index (χ4n) is 2.55. The van der Waals surface area contributed by atoms with E-state index in [1.54, 1.807) is 0 Å². The van der Waals surface area contributed by atoms with E-state index in [4.69, 9.17) is 5.73 Å². The van der Waals surface area contributed by atoms with Gasteiger partial charge in [-0.25, -0.2) is 0 Å². The van der Waals surface area contributed by atoms with Gasteiger partial charge in [-0.15, -0.1) is 0 Å². The minimum absolute atomic E-state index is 0.159. The van der Waals surface area contributed by atoms with Crippen LogP contribution < -0.4 is 5.73 Å². The molecule has 0 aromatic rings. The third-order valence-electron chi connectivity index (χ3n) is 3.67. The average Bonchev–Trinajstić information content (AvgIpc) is 2.21. The molecule has 0 aromatic heterocycles. The molecule has 1 aliphatic rings. The molecule has 14 heavy (non-hydrogen) atoms. The van der Waals surface area contributed by atoms with Gasteiger partial charge in [-0.2, -0.15) is 0 Å². The highest BCUT2D eigenvalue weighted by Gasteiger charge is 2.21. The summed E-state index contributed by atoms with van der Waals surface area (Å²) in [6.45, 7) is 2.74. The largest absolute Gasteiger partial charge is 0.393 e. The number of nitrogens with two attached hydrogens (primary N) is 1. The van der Waals surface area contributed by atoms with Gasteiger partial charge in [0.25, 0.3) is 0 Å². The van der Waals surface area contributed by atoms with Gasteiger partial charge < -0.3 is 10.8 Å². The highest BCUT2D eigenvalue weighted by atomic mass is 16.3. The summed E-state index contributed by atoms with van der Waals surface area (Å²) in [4.78, 5) is 0.